The zero-order valence-corrected chi connectivity index (χ0v) is 13.5. The smallest absolute Gasteiger partial charge is 0.354 e. The fourth-order valence-electron chi connectivity index (χ4n) is 2.14. The summed E-state index contributed by atoms with van der Waals surface area (Å²) in [5.41, 5.74) is -5.20. The minimum absolute atomic E-state index is 0.00617. The van der Waals surface area contributed by atoms with Crippen molar-refractivity contribution in [1.29, 1.82) is 0 Å². The zero-order chi connectivity index (χ0) is 19.0. The molecule has 0 unspecified atom stereocenters. The Morgan fingerprint density at radius 2 is 1.76 bits per heavy atom. The van der Waals surface area contributed by atoms with Crippen LogP contribution < -0.4 is 5.32 Å². The van der Waals surface area contributed by atoms with Crippen molar-refractivity contribution >= 4 is 28.9 Å². The molecule has 2 rings (SSSR count). The predicted molar refractivity (Wildman–Crippen MR) is 83.6 cm³/mol. The van der Waals surface area contributed by atoms with Crippen LogP contribution in [-0.4, -0.2) is 21.7 Å². The maximum atomic E-state index is 13.3. The van der Waals surface area contributed by atoms with E-state index in [0.717, 1.165) is 6.08 Å². The van der Waals surface area contributed by atoms with Gasteiger partial charge in [0.05, 0.1) is 22.4 Å². The molecule has 0 fully saturated rings. The van der Waals surface area contributed by atoms with E-state index in [0.29, 0.717) is 0 Å². The lowest BCUT2D eigenvalue weighted by molar-refractivity contribution is -0.780. The maximum absolute atomic E-state index is 13.3. The first-order chi connectivity index (χ1) is 11.5. The normalized spacial score (nSPS) is 16.7. The summed E-state index contributed by atoms with van der Waals surface area (Å²) in [6.07, 6.45) is -5.20. The highest BCUT2D eigenvalue weighted by molar-refractivity contribution is 6.35. The quantitative estimate of drug-likeness (QED) is 0.460. The van der Waals surface area contributed by atoms with Crippen LogP contribution in [0, 0.1) is 20.2 Å². The monoisotopic (exact) mass is 397 g/mol. The lowest BCUT2D eigenvalue weighted by atomic mass is 9.94. The fraction of sp³-hybridized carbons (Fsp3) is 0.231. The van der Waals surface area contributed by atoms with E-state index in [9.17, 15) is 33.4 Å². The van der Waals surface area contributed by atoms with Gasteiger partial charge in [-0.15, -0.1) is 0 Å². The Hall–Kier alpha value is -2.33. The minimum Gasteiger partial charge on any atom is -0.354 e. The van der Waals surface area contributed by atoms with Crippen LogP contribution in [0.25, 0.3) is 0 Å². The van der Waals surface area contributed by atoms with E-state index < -0.39 is 39.4 Å². The second kappa shape index (κ2) is 6.52. The molecule has 0 aliphatic heterocycles. The number of halogens is 5. The minimum atomic E-state index is -5.07. The largest absolute Gasteiger partial charge is 0.482 e. The summed E-state index contributed by atoms with van der Waals surface area (Å²) >= 11 is 11.6. The SMILES string of the molecule is O=[N+]([O-])C1([N+](=O)[O-])C=C(C(F)(F)F)C(Nc2cc(Cl)ccc2Cl)=CC1. The average Bonchev–Trinajstić information content (AvgIpc) is 2.49. The number of rotatable bonds is 4. The topological polar surface area (TPSA) is 98.3 Å². The molecule has 0 radical (unpaired) electrons. The highest BCUT2D eigenvalue weighted by Gasteiger charge is 2.58. The molecule has 25 heavy (non-hydrogen) atoms. The molecular weight excluding hydrogens is 390 g/mol. The summed E-state index contributed by atoms with van der Waals surface area (Å²) in [4.78, 5) is 19.3. The maximum Gasteiger partial charge on any atom is 0.482 e. The molecule has 0 atom stereocenters. The summed E-state index contributed by atoms with van der Waals surface area (Å²) in [5.74, 6) is 0. The summed E-state index contributed by atoms with van der Waals surface area (Å²) < 4.78 is 39.9. The van der Waals surface area contributed by atoms with E-state index in [1.807, 2.05) is 0 Å². The Morgan fingerprint density at radius 3 is 2.28 bits per heavy atom. The molecule has 0 spiro atoms. The van der Waals surface area contributed by atoms with E-state index in [2.05, 4.69) is 5.32 Å². The Labute approximate surface area is 148 Å². The van der Waals surface area contributed by atoms with Crippen LogP contribution in [0.15, 0.2) is 41.6 Å². The molecule has 1 N–H and O–H groups in total. The van der Waals surface area contributed by atoms with E-state index in [-0.39, 0.29) is 21.8 Å². The number of hydrogen-bond acceptors (Lipinski definition) is 5. The lowest BCUT2D eigenvalue weighted by Gasteiger charge is -2.24. The van der Waals surface area contributed by atoms with Crippen LogP contribution in [0.5, 0.6) is 0 Å². The molecule has 0 saturated carbocycles. The third-order valence-corrected chi connectivity index (χ3v) is 3.97. The van der Waals surface area contributed by atoms with Gasteiger partial charge in [0.1, 0.15) is 16.3 Å². The molecule has 134 valence electrons. The van der Waals surface area contributed by atoms with Gasteiger partial charge < -0.3 is 5.32 Å². The van der Waals surface area contributed by atoms with Crippen molar-refractivity contribution in [3.05, 3.63) is 71.9 Å². The Kier molecular flexibility index (Phi) is 4.96. The summed E-state index contributed by atoms with van der Waals surface area (Å²) in [6, 6.07) is 4.00. The molecule has 0 aromatic heterocycles. The number of nitro groups is 2. The lowest BCUT2D eigenvalue weighted by Crippen LogP contribution is -2.46. The van der Waals surface area contributed by atoms with E-state index in [4.69, 9.17) is 23.2 Å². The Balaban J connectivity index is 2.51. The van der Waals surface area contributed by atoms with Crippen LogP contribution in [0.3, 0.4) is 0 Å². The molecule has 0 amide bonds. The summed E-state index contributed by atoms with van der Waals surface area (Å²) in [6.45, 7) is 0. The van der Waals surface area contributed by atoms with Gasteiger partial charge in [0.25, 0.3) is 0 Å². The summed E-state index contributed by atoms with van der Waals surface area (Å²) in [7, 11) is 0. The van der Waals surface area contributed by atoms with E-state index in [1.54, 1.807) is 0 Å². The third kappa shape index (κ3) is 3.69. The number of alkyl halides is 3. The van der Waals surface area contributed by atoms with Gasteiger partial charge in [-0.05, 0) is 24.3 Å². The van der Waals surface area contributed by atoms with Gasteiger partial charge in [-0.25, -0.2) is 0 Å². The van der Waals surface area contributed by atoms with E-state index >= 15 is 0 Å². The predicted octanol–water partition coefficient (Wildman–Crippen LogP) is 4.43. The highest BCUT2D eigenvalue weighted by Crippen LogP contribution is 2.40. The average molecular weight is 398 g/mol. The van der Waals surface area contributed by atoms with Gasteiger partial charge in [-0.1, -0.05) is 23.2 Å². The third-order valence-electron chi connectivity index (χ3n) is 3.41. The van der Waals surface area contributed by atoms with Crippen LogP contribution in [-0.2, 0) is 0 Å². The van der Waals surface area contributed by atoms with Gasteiger partial charge >= 0.3 is 11.8 Å². The summed E-state index contributed by atoms with van der Waals surface area (Å²) in [5, 5.41) is 24.6. The number of benzene rings is 1. The second-order valence-electron chi connectivity index (χ2n) is 5.02. The van der Waals surface area contributed by atoms with Crippen molar-refractivity contribution < 1.29 is 23.0 Å². The van der Waals surface area contributed by atoms with Crippen molar-refractivity contribution in [1.82, 2.24) is 0 Å². The molecule has 7 nitrogen and oxygen atoms in total. The Bertz CT molecular complexity index is 794. The number of nitrogens with zero attached hydrogens (tertiary/aromatic N) is 2. The van der Waals surface area contributed by atoms with Crippen molar-refractivity contribution in [2.24, 2.45) is 0 Å². The molecule has 0 bridgehead atoms. The highest BCUT2D eigenvalue weighted by atomic mass is 35.5. The van der Waals surface area contributed by atoms with Crippen molar-refractivity contribution in [2.75, 3.05) is 5.32 Å². The van der Waals surface area contributed by atoms with Crippen LogP contribution in [0.4, 0.5) is 18.9 Å². The zero-order valence-electron chi connectivity index (χ0n) is 12.0. The molecule has 0 heterocycles. The van der Waals surface area contributed by atoms with Crippen LogP contribution >= 0.6 is 23.2 Å². The number of nitrogens with one attached hydrogen (secondary N) is 1. The van der Waals surface area contributed by atoms with Gasteiger partial charge in [0.2, 0.25) is 0 Å². The van der Waals surface area contributed by atoms with E-state index in [1.165, 1.54) is 18.2 Å². The molecule has 1 aliphatic rings. The van der Waals surface area contributed by atoms with Crippen molar-refractivity contribution in [2.45, 2.75) is 18.3 Å². The molecule has 1 aliphatic carbocycles. The fourth-order valence-corrected chi connectivity index (χ4v) is 2.48. The standard InChI is InChI=1S/C13H8Cl2F3N3O4/c14-7-1-2-9(15)11(5-7)19-10-3-4-12(20(22)23,21(24)25)6-8(10)13(16,17)18/h1-3,5-6,19H,4H2. The first kappa shape index (κ1) is 19.0. The van der Waals surface area contributed by atoms with Crippen molar-refractivity contribution in [3.8, 4) is 0 Å². The molecule has 0 saturated heterocycles. The van der Waals surface area contributed by atoms with Crippen LogP contribution in [0.2, 0.25) is 10.0 Å². The molecule has 1 aromatic carbocycles. The number of anilines is 1. The molecule has 12 heteroatoms. The van der Waals surface area contributed by atoms with Crippen molar-refractivity contribution in [3.63, 3.8) is 0 Å². The number of allylic oxidation sites excluding steroid dienone is 1. The van der Waals surface area contributed by atoms with Gasteiger partial charge in [0, 0.05) is 10.7 Å². The van der Waals surface area contributed by atoms with Gasteiger partial charge in [-0.2, -0.15) is 13.2 Å². The first-order valence-electron chi connectivity index (χ1n) is 6.49. The second-order valence-corrected chi connectivity index (χ2v) is 5.86. The Morgan fingerprint density at radius 1 is 1.16 bits per heavy atom. The van der Waals surface area contributed by atoms with Crippen LogP contribution in [0.1, 0.15) is 6.42 Å². The molecular formula is C13H8Cl2F3N3O4. The van der Waals surface area contributed by atoms with Gasteiger partial charge in [0.15, 0.2) is 0 Å². The first-order valence-corrected chi connectivity index (χ1v) is 7.24. The molecule has 1 aromatic rings. The number of hydrogen-bond donors (Lipinski definition) is 1. The van der Waals surface area contributed by atoms with Gasteiger partial charge in [-0.3, -0.25) is 20.2 Å².